The van der Waals surface area contributed by atoms with E-state index in [4.69, 9.17) is 0 Å². The Labute approximate surface area is 141 Å². The van der Waals surface area contributed by atoms with E-state index >= 15 is 0 Å². The van der Waals surface area contributed by atoms with Crippen LogP contribution in [0.5, 0.6) is 0 Å². The maximum absolute atomic E-state index is 12.7. The summed E-state index contributed by atoms with van der Waals surface area (Å²) in [4.78, 5) is 36.2. The molecule has 2 heterocycles. The Morgan fingerprint density at radius 2 is 1.75 bits per heavy atom. The first kappa shape index (κ1) is 15.5. The molecule has 2 N–H and O–H groups in total. The molecule has 2 fully saturated rings. The zero-order chi connectivity index (χ0) is 16.7. The van der Waals surface area contributed by atoms with Crippen molar-refractivity contribution < 1.29 is 14.4 Å². The van der Waals surface area contributed by atoms with E-state index in [0.29, 0.717) is 25.2 Å². The summed E-state index contributed by atoms with van der Waals surface area (Å²) in [6, 6.07) is 6.20. The van der Waals surface area contributed by atoms with Crippen molar-refractivity contribution in [3.63, 3.8) is 0 Å². The summed E-state index contributed by atoms with van der Waals surface area (Å²) in [6.45, 7) is 2.08. The highest BCUT2D eigenvalue weighted by Gasteiger charge is 2.42. The summed E-state index contributed by atoms with van der Waals surface area (Å²) in [6.07, 6.45) is 3.69. The van der Waals surface area contributed by atoms with Gasteiger partial charge in [0.1, 0.15) is 0 Å². The quantitative estimate of drug-likeness (QED) is 0.809. The number of nitrogens with one attached hydrogen (secondary N) is 2. The summed E-state index contributed by atoms with van der Waals surface area (Å²) in [5.41, 5.74) is 3.15. The minimum Gasteiger partial charge on any atom is -0.317 e. The lowest BCUT2D eigenvalue weighted by Crippen LogP contribution is -2.44. The number of amides is 2. The second kappa shape index (κ2) is 6.13. The third kappa shape index (κ3) is 2.67. The maximum Gasteiger partial charge on any atom is 0.230 e. The van der Waals surface area contributed by atoms with E-state index in [1.807, 2.05) is 6.07 Å². The van der Waals surface area contributed by atoms with Crippen molar-refractivity contribution in [1.82, 2.24) is 10.6 Å². The van der Waals surface area contributed by atoms with Crippen LogP contribution in [-0.2, 0) is 16.0 Å². The van der Waals surface area contributed by atoms with Gasteiger partial charge in [-0.3, -0.25) is 19.7 Å². The van der Waals surface area contributed by atoms with E-state index in [1.165, 1.54) is 5.56 Å². The Hall–Kier alpha value is -2.01. The van der Waals surface area contributed by atoms with Crippen LogP contribution in [0.4, 0.5) is 0 Å². The first-order valence-electron chi connectivity index (χ1n) is 8.85. The minimum atomic E-state index is -0.370. The number of benzene rings is 1. The molecule has 3 aliphatic rings. The molecule has 0 saturated carbocycles. The van der Waals surface area contributed by atoms with Crippen molar-refractivity contribution in [3.05, 3.63) is 34.9 Å². The van der Waals surface area contributed by atoms with Gasteiger partial charge in [-0.05, 0) is 55.8 Å². The molecule has 0 bridgehead atoms. The Balaban J connectivity index is 1.55. The van der Waals surface area contributed by atoms with Gasteiger partial charge in [-0.15, -0.1) is 0 Å². The molecule has 126 valence electrons. The second-order valence-corrected chi connectivity index (χ2v) is 7.17. The number of ketones is 1. The van der Waals surface area contributed by atoms with Gasteiger partial charge in [0, 0.05) is 23.8 Å². The Morgan fingerprint density at radius 1 is 0.958 bits per heavy atom. The van der Waals surface area contributed by atoms with Crippen molar-refractivity contribution in [1.29, 1.82) is 0 Å². The van der Waals surface area contributed by atoms with Gasteiger partial charge >= 0.3 is 0 Å². The lowest BCUT2D eigenvalue weighted by molar-refractivity contribution is -0.137. The Bertz CT molecular complexity index is 707. The standard InChI is InChI=1S/C19H22N2O3/c22-17-4-3-15(19(24)21-17)16-10-13-9-12(1-2-14(13)18(16)23)11-5-7-20-8-6-11/h1-2,9,11,15-16,20H,3-8,10H2,(H,21,22,24)/t15-,16-/m1/s1. The topological polar surface area (TPSA) is 75.3 Å². The number of carbonyl (C=O) groups excluding carboxylic acids is 3. The normalized spacial score (nSPS) is 27.9. The highest BCUT2D eigenvalue weighted by Crippen LogP contribution is 2.37. The van der Waals surface area contributed by atoms with E-state index in [1.54, 1.807) is 0 Å². The molecule has 2 aliphatic heterocycles. The number of fused-ring (bicyclic) bond motifs is 1. The summed E-state index contributed by atoms with van der Waals surface area (Å²) in [5.74, 6) is -0.567. The van der Waals surface area contributed by atoms with Crippen molar-refractivity contribution in [3.8, 4) is 0 Å². The zero-order valence-electron chi connectivity index (χ0n) is 13.6. The highest BCUT2D eigenvalue weighted by molar-refractivity contribution is 6.07. The van der Waals surface area contributed by atoms with Crippen LogP contribution in [0.25, 0.3) is 0 Å². The number of Topliss-reactive ketones (excluding diaryl/α,β-unsaturated/α-hetero) is 1. The maximum atomic E-state index is 12.7. The van der Waals surface area contributed by atoms with Gasteiger partial charge < -0.3 is 5.32 Å². The van der Waals surface area contributed by atoms with Gasteiger partial charge in [0.2, 0.25) is 11.8 Å². The van der Waals surface area contributed by atoms with Gasteiger partial charge in [0.25, 0.3) is 0 Å². The molecule has 0 radical (unpaired) electrons. The predicted octanol–water partition coefficient (Wildman–Crippen LogP) is 1.56. The van der Waals surface area contributed by atoms with Gasteiger partial charge in [0.05, 0.1) is 0 Å². The molecule has 0 unspecified atom stereocenters. The van der Waals surface area contributed by atoms with E-state index in [2.05, 4.69) is 22.8 Å². The Kier molecular flexibility index (Phi) is 3.96. The molecule has 5 nitrogen and oxygen atoms in total. The molecule has 2 amide bonds. The fourth-order valence-electron chi connectivity index (χ4n) is 4.38. The minimum absolute atomic E-state index is 0.0661. The third-order valence-electron chi connectivity index (χ3n) is 5.75. The predicted molar refractivity (Wildman–Crippen MR) is 88.7 cm³/mol. The van der Waals surface area contributed by atoms with Crippen LogP contribution in [0.2, 0.25) is 0 Å². The molecule has 2 atom stereocenters. The molecule has 5 heteroatoms. The zero-order valence-corrected chi connectivity index (χ0v) is 13.6. The molecule has 0 spiro atoms. The number of rotatable bonds is 2. The number of piperidine rings is 2. The molecular weight excluding hydrogens is 304 g/mol. The first-order chi connectivity index (χ1) is 11.6. The van der Waals surface area contributed by atoms with E-state index in [-0.39, 0.29) is 29.4 Å². The lowest BCUT2D eigenvalue weighted by atomic mass is 9.83. The van der Waals surface area contributed by atoms with Gasteiger partial charge in [-0.1, -0.05) is 18.2 Å². The summed E-state index contributed by atoms with van der Waals surface area (Å²) in [7, 11) is 0. The number of imide groups is 1. The Morgan fingerprint density at radius 3 is 2.50 bits per heavy atom. The molecule has 1 aromatic rings. The molecule has 24 heavy (non-hydrogen) atoms. The average molecular weight is 326 g/mol. The van der Waals surface area contributed by atoms with Crippen LogP contribution in [0, 0.1) is 11.8 Å². The van der Waals surface area contributed by atoms with Crippen molar-refractivity contribution in [2.75, 3.05) is 13.1 Å². The van der Waals surface area contributed by atoms with Gasteiger partial charge in [-0.2, -0.15) is 0 Å². The van der Waals surface area contributed by atoms with E-state index in [0.717, 1.165) is 37.1 Å². The second-order valence-electron chi connectivity index (χ2n) is 7.17. The van der Waals surface area contributed by atoms with Crippen LogP contribution >= 0.6 is 0 Å². The van der Waals surface area contributed by atoms with Gasteiger partial charge in [-0.25, -0.2) is 0 Å². The first-order valence-corrected chi connectivity index (χ1v) is 8.85. The summed E-state index contributed by atoms with van der Waals surface area (Å²) < 4.78 is 0. The largest absolute Gasteiger partial charge is 0.317 e. The fourth-order valence-corrected chi connectivity index (χ4v) is 4.38. The van der Waals surface area contributed by atoms with Crippen LogP contribution in [0.1, 0.15) is 53.1 Å². The average Bonchev–Trinajstić information content (AvgIpc) is 2.92. The van der Waals surface area contributed by atoms with Gasteiger partial charge in [0.15, 0.2) is 5.78 Å². The van der Waals surface area contributed by atoms with Crippen molar-refractivity contribution in [2.45, 2.75) is 38.0 Å². The SMILES string of the molecule is O=C1CC[C@H]([C@H]2Cc3cc(C4CCNCC4)ccc3C2=O)C(=O)N1. The molecule has 1 aromatic carbocycles. The molecule has 2 saturated heterocycles. The molecule has 4 rings (SSSR count). The lowest BCUT2D eigenvalue weighted by Gasteiger charge is -2.24. The summed E-state index contributed by atoms with van der Waals surface area (Å²) in [5, 5.41) is 5.76. The van der Waals surface area contributed by atoms with Crippen molar-refractivity contribution in [2.24, 2.45) is 11.8 Å². The molecule has 0 aromatic heterocycles. The highest BCUT2D eigenvalue weighted by atomic mass is 16.2. The number of carbonyl (C=O) groups is 3. The molecular formula is C19H22N2O3. The fraction of sp³-hybridized carbons (Fsp3) is 0.526. The smallest absolute Gasteiger partial charge is 0.230 e. The van der Waals surface area contributed by atoms with E-state index in [9.17, 15) is 14.4 Å². The van der Waals surface area contributed by atoms with Crippen molar-refractivity contribution >= 4 is 17.6 Å². The van der Waals surface area contributed by atoms with Crippen LogP contribution in [0.3, 0.4) is 0 Å². The van der Waals surface area contributed by atoms with Crippen LogP contribution < -0.4 is 10.6 Å². The van der Waals surface area contributed by atoms with Crippen LogP contribution in [0.15, 0.2) is 18.2 Å². The van der Waals surface area contributed by atoms with E-state index < -0.39 is 0 Å². The number of hydrogen-bond donors (Lipinski definition) is 2. The number of hydrogen-bond acceptors (Lipinski definition) is 4. The summed E-state index contributed by atoms with van der Waals surface area (Å²) >= 11 is 0. The monoisotopic (exact) mass is 326 g/mol. The third-order valence-corrected chi connectivity index (χ3v) is 5.75. The molecule has 1 aliphatic carbocycles. The van der Waals surface area contributed by atoms with Crippen LogP contribution in [-0.4, -0.2) is 30.7 Å².